The van der Waals surface area contributed by atoms with Gasteiger partial charge in [-0.3, -0.25) is 9.97 Å². The van der Waals surface area contributed by atoms with Gasteiger partial charge >= 0.3 is 0 Å². The topological polar surface area (TPSA) is 51.8 Å². The van der Waals surface area contributed by atoms with Gasteiger partial charge < -0.3 is 5.73 Å². The molecular formula is C16H15N3. The Bertz CT molecular complexity index is 722. The first-order valence-corrected chi connectivity index (χ1v) is 6.26. The summed E-state index contributed by atoms with van der Waals surface area (Å²) in [7, 11) is 0. The number of aryl methyl sites for hydroxylation is 1. The Morgan fingerprint density at radius 2 is 1.95 bits per heavy atom. The third kappa shape index (κ3) is 2.20. The molecule has 0 amide bonds. The van der Waals surface area contributed by atoms with Crippen molar-refractivity contribution in [2.24, 2.45) is 5.73 Å². The van der Waals surface area contributed by atoms with E-state index in [1.165, 1.54) is 0 Å². The van der Waals surface area contributed by atoms with Gasteiger partial charge in [-0.25, -0.2) is 0 Å². The molecule has 0 aliphatic heterocycles. The molecule has 1 unspecified atom stereocenters. The summed E-state index contributed by atoms with van der Waals surface area (Å²) in [4.78, 5) is 8.56. The highest BCUT2D eigenvalue weighted by Crippen LogP contribution is 2.23. The van der Waals surface area contributed by atoms with Gasteiger partial charge in [0.2, 0.25) is 0 Å². The lowest BCUT2D eigenvalue weighted by atomic mass is 9.97. The van der Waals surface area contributed by atoms with Crippen LogP contribution in [0.5, 0.6) is 0 Å². The smallest absolute Gasteiger partial charge is 0.0702 e. The highest BCUT2D eigenvalue weighted by atomic mass is 14.7. The minimum atomic E-state index is -0.167. The van der Waals surface area contributed by atoms with E-state index < -0.39 is 0 Å². The molecule has 2 aromatic heterocycles. The van der Waals surface area contributed by atoms with Crippen LogP contribution in [-0.2, 0) is 0 Å². The van der Waals surface area contributed by atoms with Gasteiger partial charge in [0.05, 0.1) is 11.6 Å². The van der Waals surface area contributed by atoms with E-state index >= 15 is 0 Å². The molecule has 0 bridgehead atoms. The zero-order chi connectivity index (χ0) is 13.2. The van der Waals surface area contributed by atoms with E-state index in [1.807, 2.05) is 43.6 Å². The molecule has 3 heteroatoms. The minimum Gasteiger partial charge on any atom is -0.320 e. The first-order valence-electron chi connectivity index (χ1n) is 6.26. The number of nitrogens with two attached hydrogens (primary N) is 1. The van der Waals surface area contributed by atoms with Crippen molar-refractivity contribution in [1.29, 1.82) is 0 Å². The first-order chi connectivity index (χ1) is 9.25. The SMILES string of the molecule is Cc1cnccc1C(N)c1cnc2ccccc2c1. The summed E-state index contributed by atoms with van der Waals surface area (Å²) < 4.78 is 0. The monoisotopic (exact) mass is 249 g/mol. The van der Waals surface area contributed by atoms with Crippen LogP contribution in [0.15, 0.2) is 55.0 Å². The maximum Gasteiger partial charge on any atom is 0.0702 e. The summed E-state index contributed by atoms with van der Waals surface area (Å²) in [6.07, 6.45) is 5.47. The second-order valence-corrected chi connectivity index (χ2v) is 4.67. The highest BCUT2D eigenvalue weighted by molar-refractivity contribution is 5.78. The Balaban J connectivity index is 2.07. The Morgan fingerprint density at radius 1 is 1.11 bits per heavy atom. The van der Waals surface area contributed by atoms with Gasteiger partial charge in [-0.2, -0.15) is 0 Å². The third-order valence-corrected chi connectivity index (χ3v) is 3.37. The second-order valence-electron chi connectivity index (χ2n) is 4.67. The second kappa shape index (κ2) is 4.78. The number of nitrogens with zero attached hydrogens (tertiary/aromatic N) is 2. The first kappa shape index (κ1) is 11.8. The normalized spacial score (nSPS) is 12.5. The number of aromatic nitrogens is 2. The van der Waals surface area contributed by atoms with E-state index in [4.69, 9.17) is 5.73 Å². The zero-order valence-corrected chi connectivity index (χ0v) is 10.7. The predicted octanol–water partition coefficient (Wildman–Crippen LogP) is 2.99. The molecule has 19 heavy (non-hydrogen) atoms. The minimum absolute atomic E-state index is 0.167. The van der Waals surface area contributed by atoms with Gasteiger partial charge in [0, 0.05) is 24.0 Å². The molecule has 3 aromatic rings. The number of pyridine rings is 2. The molecule has 1 atom stereocenters. The van der Waals surface area contributed by atoms with Crippen molar-refractivity contribution in [2.45, 2.75) is 13.0 Å². The molecule has 1 aromatic carbocycles. The Kier molecular flexibility index (Phi) is 2.97. The average Bonchev–Trinajstić information content (AvgIpc) is 2.46. The molecule has 2 heterocycles. The van der Waals surface area contributed by atoms with E-state index in [9.17, 15) is 0 Å². The molecule has 94 valence electrons. The standard InChI is InChI=1S/C16H15N3/c1-11-9-18-7-6-14(11)16(17)13-8-12-4-2-3-5-15(12)19-10-13/h2-10,16H,17H2,1H3. The van der Waals surface area contributed by atoms with E-state index in [0.717, 1.165) is 27.6 Å². The van der Waals surface area contributed by atoms with E-state index in [1.54, 1.807) is 6.20 Å². The molecule has 2 N–H and O–H groups in total. The predicted molar refractivity (Wildman–Crippen MR) is 76.7 cm³/mol. The fourth-order valence-corrected chi connectivity index (χ4v) is 2.27. The van der Waals surface area contributed by atoms with Gasteiger partial charge in [0.1, 0.15) is 0 Å². The van der Waals surface area contributed by atoms with Crippen LogP contribution in [-0.4, -0.2) is 9.97 Å². The van der Waals surface area contributed by atoms with Crippen LogP contribution in [0.25, 0.3) is 10.9 Å². The number of rotatable bonds is 2. The molecule has 3 rings (SSSR count). The molecule has 0 radical (unpaired) electrons. The lowest BCUT2D eigenvalue weighted by molar-refractivity contribution is 0.853. The summed E-state index contributed by atoms with van der Waals surface area (Å²) in [5.41, 5.74) is 10.5. The van der Waals surface area contributed by atoms with Crippen LogP contribution >= 0.6 is 0 Å². The molecule has 0 fully saturated rings. The van der Waals surface area contributed by atoms with Crippen LogP contribution in [0, 0.1) is 6.92 Å². The van der Waals surface area contributed by atoms with Crippen LogP contribution in [0.4, 0.5) is 0 Å². The number of benzene rings is 1. The number of para-hydroxylation sites is 1. The number of fused-ring (bicyclic) bond motifs is 1. The Hall–Kier alpha value is -2.26. The van der Waals surface area contributed by atoms with Crippen molar-refractivity contribution >= 4 is 10.9 Å². The third-order valence-electron chi connectivity index (χ3n) is 3.37. The fraction of sp³-hybridized carbons (Fsp3) is 0.125. The van der Waals surface area contributed by atoms with E-state index in [-0.39, 0.29) is 6.04 Å². The van der Waals surface area contributed by atoms with Crippen LogP contribution in [0.3, 0.4) is 0 Å². The molecule has 3 nitrogen and oxygen atoms in total. The van der Waals surface area contributed by atoms with Gasteiger partial charge in [0.15, 0.2) is 0 Å². The van der Waals surface area contributed by atoms with Gasteiger partial charge in [-0.1, -0.05) is 18.2 Å². The van der Waals surface area contributed by atoms with E-state index in [2.05, 4.69) is 22.1 Å². The highest BCUT2D eigenvalue weighted by Gasteiger charge is 2.12. The molecular weight excluding hydrogens is 234 g/mol. The number of hydrogen-bond acceptors (Lipinski definition) is 3. The summed E-state index contributed by atoms with van der Waals surface area (Å²) in [5, 5.41) is 1.11. The Morgan fingerprint density at radius 3 is 2.79 bits per heavy atom. The lowest BCUT2D eigenvalue weighted by Gasteiger charge is -2.14. The number of hydrogen-bond donors (Lipinski definition) is 1. The fourth-order valence-electron chi connectivity index (χ4n) is 2.27. The molecule has 0 saturated heterocycles. The average molecular weight is 249 g/mol. The van der Waals surface area contributed by atoms with Crippen molar-refractivity contribution in [3.05, 3.63) is 71.7 Å². The van der Waals surface area contributed by atoms with Gasteiger partial charge in [-0.05, 0) is 41.8 Å². The summed E-state index contributed by atoms with van der Waals surface area (Å²) in [6.45, 7) is 2.02. The van der Waals surface area contributed by atoms with Crippen LogP contribution in [0.1, 0.15) is 22.7 Å². The largest absolute Gasteiger partial charge is 0.320 e. The van der Waals surface area contributed by atoms with Gasteiger partial charge in [0.25, 0.3) is 0 Å². The molecule has 0 aliphatic rings. The zero-order valence-electron chi connectivity index (χ0n) is 10.7. The summed E-state index contributed by atoms with van der Waals surface area (Å²) in [5.74, 6) is 0. The van der Waals surface area contributed by atoms with Gasteiger partial charge in [-0.15, -0.1) is 0 Å². The Labute approximate surface area is 112 Å². The maximum atomic E-state index is 6.34. The summed E-state index contributed by atoms with van der Waals surface area (Å²) >= 11 is 0. The van der Waals surface area contributed by atoms with Crippen LogP contribution < -0.4 is 5.73 Å². The van der Waals surface area contributed by atoms with Crippen molar-refractivity contribution in [3.8, 4) is 0 Å². The van der Waals surface area contributed by atoms with E-state index in [0.29, 0.717) is 0 Å². The lowest BCUT2D eigenvalue weighted by Crippen LogP contribution is -2.13. The summed E-state index contributed by atoms with van der Waals surface area (Å²) in [6, 6.07) is 12.0. The van der Waals surface area contributed by atoms with Crippen molar-refractivity contribution in [3.63, 3.8) is 0 Å². The molecule has 0 saturated carbocycles. The van der Waals surface area contributed by atoms with Crippen LogP contribution in [0.2, 0.25) is 0 Å². The maximum absolute atomic E-state index is 6.34. The molecule has 0 spiro atoms. The van der Waals surface area contributed by atoms with Crippen molar-refractivity contribution < 1.29 is 0 Å². The van der Waals surface area contributed by atoms with Crippen molar-refractivity contribution in [2.75, 3.05) is 0 Å². The quantitative estimate of drug-likeness (QED) is 0.759. The van der Waals surface area contributed by atoms with Crippen molar-refractivity contribution in [1.82, 2.24) is 9.97 Å². The molecule has 0 aliphatic carbocycles.